The van der Waals surface area contributed by atoms with Gasteiger partial charge in [0, 0.05) is 12.6 Å². The largest absolute Gasteiger partial charge is 0.466 e. The highest BCUT2D eigenvalue weighted by Crippen LogP contribution is 2.14. The standard InChI is InChI=1S/C11H15ClN6O4S.H2O/c12-7-4-8(21-6-7)5-15-11(13)10-9(17-22-18-10)2-1-3-16-23(14,19)20;/h4,6,16H,1-3,5H2,(H2,13,15)(H2,14,19,20);1H2. The van der Waals surface area contributed by atoms with E-state index in [-0.39, 0.29) is 24.4 Å². The fraction of sp³-hybridized carbons (Fsp3) is 0.364. The molecule has 2 aromatic rings. The van der Waals surface area contributed by atoms with Crippen molar-refractivity contribution in [2.75, 3.05) is 6.54 Å². The van der Waals surface area contributed by atoms with E-state index in [9.17, 15) is 8.42 Å². The molecular formula is C11H17ClN6O5S. The molecule has 0 aliphatic rings. The van der Waals surface area contributed by atoms with Crippen LogP contribution < -0.4 is 15.6 Å². The summed E-state index contributed by atoms with van der Waals surface area (Å²) in [5.74, 6) is 0.682. The maximum Gasteiger partial charge on any atom is 0.274 e. The van der Waals surface area contributed by atoms with Gasteiger partial charge in [-0.3, -0.25) is 4.99 Å². The van der Waals surface area contributed by atoms with Crippen molar-refractivity contribution < 1.29 is 22.9 Å². The molecule has 2 rings (SSSR count). The SMILES string of the molecule is NC(=NCc1cc(Cl)co1)c1nonc1CCCNS(N)(=O)=O.O. The van der Waals surface area contributed by atoms with Gasteiger partial charge in [0.15, 0.2) is 11.5 Å². The number of furan rings is 1. The number of aryl methyl sites for hydroxylation is 1. The van der Waals surface area contributed by atoms with Gasteiger partial charge >= 0.3 is 0 Å². The maximum atomic E-state index is 10.8. The summed E-state index contributed by atoms with van der Waals surface area (Å²) in [6.07, 6.45) is 2.23. The van der Waals surface area contributed by atoms with E-state index >= 15 is 0 Å². The molecule has 7 N–H and O–H groups in total. The Morgan fingerprint density at radius 3 is 2.79 bits per heavy atom. The van der Waals surface area contributed by atoms with Crippen LogP contribution in [0.4, 0.5) is 0 Å². The number of nitrogens with zero attached hydrogens (tertiary/aromatic N) is 3. The minimum Gasteiger partial charge on any atom is -0.466 e. The van der Waals surface area contributed by atoms with Crippen LogP contribution in [0.15, 0.2) is 26.4 Å². The molecule has 13 heteroatoms. The van der Waals surface area contributed by atoms with Gasteiger partial charge in [-0.15, -0.1) is 0 Å². The molecule has 2 aromatic heterocycles. The highest BCUT2D eigenvalue weighted by Gasteiger charge is 2.14. The van der Waals surface area contributed by atoms with Gasteiger partial charge in [0.2, 0.25) is 0 Å². The average molecular weight is 381 g/mol. The number of aliphatic imine (C=N–C) groups is 1. The third-order valence-electron chi connectivity index (χ3n) is 2.72. The Bertz CT molecular complexity index is 786. The number of nitrogens with one attached hydrogen (secondary N) is 1. The first kappa shape index (κ1) is 20.1. The molecule has 0 radical (unpaired) electrons. The van der Waals surface area contributed by atoms with Crippen molar-refractivity contribution in [2.24, 2.45) is 15.9 Å². The topological polar surface area (TPSA) is 194 Å². The van der Waals surface area contributed by atoms with Crippen molar-refractivity contribution in [3.05, 3.63) is 34.5 Å². The summed E-state index contributed by atoms with van der Waals surface area (Å²) in [5, 5.41) is 12.7. The van der Waals surface area contributed by atoms with E-state index in [1.807, 2.05) is 0 Å². The summed E-state index contributed by atoms with van der Waals surface area (Å²) in [4.78, 5) is 4.13. The van der Waals surface area contributed by atoms with E-state index in [1.165, 1.54) is 6.26 Å². The summed E-state index contributed by atoms with van der Waals surface area (Å²) < 4.78 is 33.5. The van der Waals surface area contributed by atoms with Crippen molar-refractivity contribution in [2.45, 2.75) is 19.4 Å². The molecule has 2 heterocycles. The first-order chi connectivity index (χ1) is 10.8. The Balaban J connectivity index is 0.00000288. The Kier molecular flexibility index (Phi) is 7.31. The molecule has 0 spiro atoms. The zero-order valence-corrected chi connectivity index (χ0v) is 14.0. The van der Waals surface area contributed by atoms with Crippen LogP contribution in [0.2, 0.25) is 5.02 Å². The Morgan fingerprint density at radius 1 is 1.42 bits per heavy atom. The fourth-order valence-electron chi connectivity index (χ4n) is 1.71. The lowest BCUT2D eigenvalue weighted by Gasteiger charge is -2.01. The molecule has 0 aliphatic heterocycles. The van der Waals surface area contributed by atoms with Gasteiger partial charge in [-0.05, 0) is 18.0 Å². The number of nitrogens with two attached hydrogens (primary N) is 2. The lowest BCUT2D eigenvalue weighted by Crippen LogP contribution is -2.31. The number of amidine groups is 1. The molecule has 0 aromatic carbocycles. The number of rotatable bonds is 8. The third kappa shape index (κ3) is 6.25. The molecule has 0 amide bonds. The summed E-state index contributed by atoms with van der Waals surface area (Å²) in [6, 6.07) is 1.62. The van der Waals surface area contributed by atoms with Gasteiger partial charge < -0.3 is 15.6 Å². The molecule has 0 aliphatic carbocycles. The van der Waals surface area contributed by atoms with Gasteiger partial charge in [0.25, 0.3) is 10.2 Å². The summed E-state index contributed by atoms with van der Waals surface area (Å²) in [5.41, 5.74) is 6.63. The molecule has 0 unspecified atom stereocenters. The summed E-state index contributed by atoms with van der Waals surface area (Å²) in [6.45, 7) is 0.352. The van der Waals surface area contributed by atoms with Crippen LogP contribution in [0.1, 0.15) is 23.6 Å². The molecule has 0 saturated carbocycles. The maximum absolute atomic E-state index is 10.8. The average Bonchev–Trinajstić information content (AvgIpc) is 3.09. The van der Waals surface area contributed by atoms with Gasteiger partial charge in [0.05, 0.1) is 11.6 Å². The van der Waals surface area contributed by atoms with E-state index in [4.69, 9.17) is 26.9 Å². The predicted molar refractivity (Wildman–Crippen MR) is 85.5 cm³/mol. The van der Waals surface area contributed by atoms with Crippen LogP contribution in [0, 0.1) is 0 Å². The van der Waals surface area contributed by atoms with Crippen molar-refractivity contribution >= 4 is 27.6 Å². The van der Waals surface area contributed by atoms with Crippen molar-refractivity contribution in [1.29, 1.82) is 0 Å². The summed E-state index contributed by atoms with van der Waals surface area (Å²) >= 11 is 5.74. The second-order valence-electron chi connectivity index (χ2n) is 4.54. The first-order valence-corrected chi connectivity index (χ1v) is 8.39. The normalized spacial score (nSPS) is 12.2. The Hall–Kier alpha value is -1.99. The lowest BCUT2D eigenvalue weighted by atomic mass is 10.2. The van der Waals surface area contributed by atoms with E-state index in [0.29, 0.717) is 35.0 Å². The van der Waals surface area contributed by atoms with Crippen molar-refractivity contribution in [1.82, 2.24) is 15.0 Å². The van der Waals surface area contributed by atoms with Gasteiger partial charge in [0.1, 0.15) is 17.7 Å². The number of aromatic nitrogens is 2. The second kappa shape index (κ2) is 8.75. The molecular weight excluding hydrogens is 364 g/mol. The summed E-state index contributed by atoms with van der Waals surface area (Å²) in [7, 11) is -3.71. The molecule has 134 valence electrons. The van der Waals surface area contributed by atoms with Crippen LogP contribution in [-0.4, -0.2) is 36.6 Å². The molecule has 0 saturated heterocycles. The van der Waals surface area contributed by atoms with Gasteiger partial charge in [-0.2, -0.15) is 8.42 Å². The van der Waals surface area contributed by atoms with Crippen molar-refractivity contribution in [3.63, 3.8) is 0 Å². The second-order valence-corrected chi connectivity index (χ2v) is 6.35. The number of halogens is 1. The monoisotopic (exact) mass is 380 g/mol. The predicted octanol–water partition coefficient (Wildman–Crippen LogP) is -0.877. The molecule has 24 heavy (non-hydrogen) atoms. The van der Waals surface area contributed by atoms with E-state index < -0.39 is 10.2 Å². The number of hydrogen-bond acceptors (Lipinski definition) is 7. The van der Waals surface area contributed by atoms with Crippen LogP contribution in [-0.2, 0) is 23.2 Å². The lowest BCUT2D eigenvalue weighted by molar-refractivity contribution is 0.302. The minimum atomic E-state index is -3.71. The smallest absolute Gasteiger partial charge is 0.274 e. The fourth-order valence-corrected chi connectivity index (χ4v) is 2.31. The minimum absolute atomic E-state index is 0. The zero-order valence-electron chi connectivity index (χ0n) is 12.4. The van der Waals surface area contributed by atoms with Crippen LogP contribution in [0.3, 0.4) is 0 Å². The molecule has 11 nitrogen and oxygen atoms in total. The first-order valence-electron chi connectivity index (χ1n) is 6.47. The van der Waals surface area contributed by atoms with E-state index in [1.54, 1.807) is 6.07 Å². The van der Waals surface area contributed by atoms with Gasteiger partial charge in [-0.1, -0.05) is 16.8 Å². The van der Waals surface area contributed by atoms with Crippen LogP contribution in [0.25, 0.3) is 0 Å². The van der Waals surface area contributed by atoms with Crippen LogP contribution >= 0.6 is 11.6 Å². The molecule has 0 bridgehead atoms. The third-order valence-corrected chi connectivity index (χ3v) is 3.52. The van der Waals surface area contributed by atoms with Crippen LogP contribution in [0.5, 0.6) is 0 Å². The van der Waals surface area contributed by atoms with E-state index in [2.05, 4.69) is 24.7 Å². The Labute approximate surface area is 142 Å². The van der Waals surface area contributed by atoms with Gasteiger partial charge in [-0.25, -0.2) is 14.5 Å². The zero-order chi connectivity index (χ0) is 16.9. The molecule has 0 atom stereocenters. The highest BCUT2D eigenvalue weighted by atomic mass is 35.5. The molecule has 0 fully saturated rings. The Morgan fingerprint density at radius 2 is 2.17 bits per heavy atom. The van der Waals surface area contributed by atoms with Crippen molar-refractivity contribution in [3.8, 4) is 0 Å². The quantitative estimate of drug-likeness (QED) is 0.300. The highest BCUT2D eigenvalue weighted by molar-refractivity contribution is 7.87. The number of hydrogen-bond donors (Lipinski definition) is 3. The van der Waals surface area contributed by atoms with E-state index in [0.717, 1.165) is 0 Å².